The van der Waals surface area contributed by atoms with Gasteiger partial charge in [0.2, 0.25) is 12.3 Å². The SMILES string of the molecule is CCCC(C(=O)NC=O)N1Cc2cc(C3CC4(CCN(C(=O)OC)CC4)C3)ccc2C1=O. The van der Waals surface area contributed by atoms with Crippen LogP contribution in [0.2, 0.25) is 0 Å². The molecule has 0 bridgehead atoms. The summed E-state index contributed by atoms with van der Waals surface area (Å²) in [4.78, 5) is 51.1. The zero-order chi connectivity index (χ0) is 22.9. The number of benzene rings is 1. The van der Waals surface area contributed by atoms with Gasteiger partial charge in [-0.25, -0.2) is 4.79 Å². The number of hydrogen-bond acceptors (Lipinski definition) is 5. The molecule has 2 aliphatic heterocycles. The van der Waals surface area contributed by atoms with Crippen molar-refractivity contribution in [1.29, 1.82) is 0 Å². The average Bonchev–Trinajstić information content (AvgIpc) is 3.10. The Kier molecular flexibility index (Phi) is 6.22. The van der Waals surface area contributed by atoms with Crippen LogP contribution in [0, 0.1) is 5.41 Å². The molecule has 8 heteroatoms. The molecule has 0 radical (unpaired) electrons. The highest BCUT2D eigenvalue weighted by molar-refractivity contribution is 6.02. The first-order chi connectivity index (χ1) is 15.4. The molecule has 1 spiro atoms. The molecule has 32 heavy (non-hydrogen) atoms. The van der Waals surface area contributed by atoms with Gasteiger partial charge in [0.15, 0.2) is 0 Å². The molecule has 1 N–H and O–H groups in total. The molecule has 1 saturated carbocycles. The van der Waals surface area contributed by atoms with Crippen molar-refractivity contribution in [3.8, 4) is 0 Å². The Hall–Kier alpha value is -2.90. The molecule has 8 nitrogen and oxygen atoms in total. The number of fused-ring (bicyclic) bond motifs is 1. The fourth-order valence-electron chi connectivity index (χ4n) is 5.65. The van der Waals surface area contributed by atoms with Crippen LogP contribution in [0.1, 0.15) is 72.9 Å². The molecule has 1 aromatic rings. The van der Waals surface area contributed by atoms with Gasteiger partial charge in [-0.2, -0.15) is 0 Å². The van der Waals surface area contributed by atoms with Crippen LogP contribution in [0.5, 0.6) is 0 Å². The fraction of sp³-hybridized carbons (Fsp3) is 0.583. The summed E-state index contributed by atoms with van der Waals surface area (Å²) in [5, 5.41) is 2.20. The summed E-state index contributed by atoms with van der Waals surface area (Å²) < 4.78 is 4.83. The van der Waals surface area contributed by atoms with Gasteiger partial charge in [0.1, 0.15) is 6.04 Å². The average molecular weight is 442 g/mol. The lowest BCUT2D eigenvalue weighted by molar-refractivity contribution is -0.129. The van der Waals surface area contributed by atoms with Crippen molar-refractivity contribution >= 4 is 24.3 Å². The van der Waals surface area contributed by atoms with E-state index in [0.717, 1.165) is 50.8 Å². The van der Waals surface area contributed by atoms with E-state index in [1.165, 1.54) is 12.7 Å². The standard InChI is InChI=1S/C24H31N3O5/c1-3-4-20(21(29)25-15-28)27-14-17-11-16(5-6-19(17)22(27)30)18-12-24(13-18)7-9-26(10-8-24)23(31)32-2/h5-6,11,15,18,20H,3-4,7-10,12-14H2,1-2H3,(H,25,28,29). The number of likely N-dealkylation sites (tertiary alicyclic amines) is 1. The second-order valence-corrected chi connectivity index (χ2v) is 9.34. The zero-order valence-corrected chi connectivity index (χ0v) is 18.8. The molecule has 3 aliphatic rings. The van der Waals surface area contributed by atoms with E-state index in [-0.39, 0.29) is 12.0 Å². The predicted octanol–water partition coefficient (Wildman–Crippen LogP) is 2.81. The normalized spacial score (nSPS) is 20.5. The summed E-state index contributed by atoms with van der Waals surface area (Å²) >= 11 is 0. The van der Waals surface area contributed by atoms with Gasteiger partial charge >= 0.3 is 6.09 Å². The molecule has 1 saturated heterocycles. The second kappa shape index (κ2) is 8.92. The number of ether oxygens (including phenoxy) is 1. The molecule has 4 rings (SSSR count). The van der Waals surface area contributed by atoms with Gasteiger partial charge < -0.3 is 14.5 Å². The third-order valence-corrected chi connectivity index (χ3v) is 7.49. The van der Waals surface area contributed by atoms with Crippen molar-refractivity contribution in [2.75, 3.05) is 20.2 Å². The highest BCUT2D eigenvalue weighted by atomic mass is 16.5. The zero-order valence-electron chi connectivity index (χ0n) is 18.8. The van der Waals surface area contributed by atoms with Crippen molar-refractivity contribution < 1.29 is 23.9 Å². The molecule has 1 unspecified atom stereocenters. The summed E-state index contributed by atoms with van der Waals surface area (Å²) in [7, 11) is 1.42. The summed E-state index contributed by atoms with van der Waals surface area (Å²) in [6.45, 7) is 3.84. The highest BCUT2D eigenvalue weighted by Gasteiger charge is 2.47. The van der Waals surface area contributed by atoms with Crippen LogP contribution in [0.3, 0.4) is 0 Å². The number of amides is 4. The van der Waals surface area contributed by atoms with Crippen LogP contribution in [0.15, 0.2) is 18.2 Å². The number of nitrogens with zero attached hydrogens (tertiary/aromatic N) is 2. The Balaban J connectivity index is 1.41. The molecule has 2 fully saturated rings. The summed E-state index contributed by atoms with van der Waals surface area (Å²) in [6, 6.07) is 5.41. The molecule has 0 aromatic heterocycles. The van der Waals surface area contributed by atoms with Crippen LogP contribution >= 0.6 is 0 Å². The maximum atomic E-state index is 13.0. The highest BCUT2D eigenvalue weighted by Crippen LogP contribution is 2.56. The molecule has 172 valence electrons. The van der Waals surface area contributed by atoms with E-state index < -0.39 is 11.9 Å². The first-order valence-corrected chi connectivity index (χ1v) is 11.4. The van der Waals surface area contributed by atoms with Gasteiger partial charge in [0.25, 0.3) is 5.91 Å². The number of hydrogen-bond donors (Lipinski definition) is 1. The quantitative estimate of drug-likeness (QED) is 0.685. The monoisotopic (exact) mass is 441 g/mol. The summed E-state index contributed by atoms with van der Waals surface area (Å²) in [5.74, 6) is -0.118. The Bertz CT molecular complexity index is 914. The largest absolute Gasteiger partial charge is 0.453 e. The predicted molar refractivity (Wildman–Crippen MR) is 117 cm³/mol. The lowest BCUT2D eigenvalue weighted by Gasteiger charge is -2.52. The smallest absolute Gasteiger partial charge is 0.409 e. The van der Waals surface area contributed by atoms with Gasteiger partial charge in [0.05, 0.1) is 7.11 Å². The van der Waals surface area contributed by atoms with E-state index in [1.807, 2.05) is 19.1 Å². The number of piperidine rings is 1. The van der Waals surface area contributed by atoms with Gasteiger partial charge in [-0.15, -0.1) is 0 Å². The maximum Gasteiger partial charge on any atom is 0.409 e. The third-order valence-electron chi connectivity index (χ3n) is 7.49. The third kappa shape index (κ3) is 3.98. The topological polar surface area (TPSA) is 96.0 Å². The van der Waals surface area contributed by atoms with Gasteiger partial charge in [-0.05, 0) is 60.6 Å². The number of rotatable bonds is 6. The van der Waals surface area contributed by atoms with Crippen LogP contribution in [0.4, 0.5) is 4.79 Å². The number of carbonyl (C=O) groups excluding carboxylic acids is 4. The maximum absolute atomic E-state index is 13.0. The number of nitrogens with one attached hydrogen (secondary N) is 1. The molecular formula is C24H31N3O5. The van der Waals surface area contributed by atoms with Gasteiger partial charge in [0, 0.05) is 25.2 Å². The number of imide groups is 1. The van der Waals surface area contributed by atoms with Crippen molar-refractivity contribution in [2.24, 2.45) is 5.41 Å². The van der Waals surface area contributed by atoms with E-state index in [9.17, 15) is 19.2 Å². The lowest BCUT2D eigenvalue weighted by Crippen LogP contribution is -2.48. The minimum atomic E-state index is -0.638. The minimum absolute atomic E-state index is 0.147. The van der Waals surface area contributed by atoms with Gasteiger partial charge in [-0.3, -0.25) is 19.7 Å². The van der Waals surface area contributed by atoms with Crippen molar-refractivity contribution in [2.45, 2.75) is 64.0 Å². The van der Waals surface area contributed by atoms with Crippen LogP contribution < -0.4 is 5.32 Å². The van der Waals surface area contributed by atoms with Crippen LogP contribution in [0.25, 0.3) is 0 Å². The fourth-order valence-corrected chi connectivity index (χ4v) is 5.65. The van der Waals surface area contributed by atoms with Crippen molar-refractivity contribution in [1.82, 2.24) is 15.1 Å². The van der Waals surface area contributed by atoms with E-state index >= 15 is 0 Å². The number of methoxy groups -OCH3 is 1. The summed E-state index contributed by atoms with van der Waals surface area (Å²) in [5.41, 5.74) is 3.14. The Morgan fingerprint density at radius 3 is 2.62 bits per heavy atom. The molecule has 1 aliphatic carbocycles. The Morgan fingerprint density at radius 2 is 2.00 bits per heavy atom. The van der Waals surface area contributed by atoms with Crippen molar-refractivity contribution in [3.63, 3.8) is 0 Å². The number of carbonyl (C=O) groups is 4. The second-order valence-electron chi connectivity index (χ2n) is 9.34. The van der Waals surface area contributed by atoms with Crippen LogP contribution in [-0.4, -0.2) is 60.4 Å². The summed E-state index contributed by atoms with van der Waals surface area (Å²) in [6.07, 6.45) is 5.57. The minimum Gasteiger partial charge on any atom is -0.453 e. The van der Waals surface area contributed by atoms with Crippen LogP contribution in [-0.2, 0) is 20.9 Å². The Morgan fingerprint density at radius 1 is 1.28 bits per heavy atom. The van der Waals surface area contributed by atoms with E-state index in [4.69, 9.17) is 4.74 Å². The molecule has 2 heterocycles. The Labute approximate surface area is 188 Å². The first-order valence-electron chi connectivity index (χ1n) is 11.4. The van der Waals surface area contributed by atoms with E-state index in [2.05, 4.69) is 11.4 Å². The molecule has 1 atom stereocenters. The molecule has 1 aromatic carbocycles. The van der Waals surface area contributed by atoms with E-state index in [0.29, 0.717) is 36.3 Å². The van der Waals surface area contributed by atoms with E-state index in [1.54, 1.807) is 9.80 Å². The van der Waals surface area contributed by atoms with Gasteiger partial charge in [-0.1, -0.05) is 25.5 Å². The molecular weight excluding hydrogens is 410 g/mol. The molecule has 4 amide bonds. The lowest BCUT2D eigenvalue weighted by atomic mass is 9.56. The van der Waals surface area contributed by atoms with Crippen molar-refractivity contribution in [3.05, 3.63) is 34.9 Å². The first kappa shape index (κ1) is 22.3.